The number of nitrogens with zero attached hydrogens (tertiary/aromatic N) is 1. The van der Waals surface area contributed by atoms with E-state index in [4.69, 9.17) is 0 Å². The van der Waals surface area contributed by atoms with Crippen LogP contribution in [-0.4, -0.2) is 27.2 Å². The molecule has 0 amide bonds. The molecule has 0 bridgehead atoms. The molecule has 3 N–H and O–H groups in total. The third kappa shape index (κ3) is 4.02. The largest absolute Gasteiger partial charge is 0.388 e. The zero-order valence-corrected chi connectivity index (χ0v) is 9.95. The number of hydrogen-bond donors (Lipinski definition) is 3. The van der Waals surface area contributed by atoms with Crippen LogP contribution in [0.25, 0.3) is 0 Å². The number of rotatable bonds is 5. The molecule has 1 aromatic heterocycles. The molecule has 0 saturated carbocycles. The standard InChI is InChI=1S/C11H19N3O2/c1-8(2)6-11(3,16)7-14-9-10(15)13-5-4-12-9/h4-5,8,16H,6-7H2,1-3H3,(H,12,14)(H,13,15). The van der Waals surface area contributed by atoms with Crippen LogP contribution in [-0.2, 0) is 0 Å². The van der Waals surface area contributed by atoms with Gasteiger partial charge in [0.1, 0.15) is 0 Å². The second-order valence-electron chi connectivity index (χ2n) is 4.72. The van der Waals surface area contributed by atoms with Crippen molar-refractivity contribution in [2.45, 2.75) is 32.8 Å². The summed E-state index contributed by atoms with van der Waals surface area (Å²) in [7, 11) is 0. The summed E-state index contributed by atoms with van der Waals surface area (Å²) in [5.41, 5.74) is -1.11. The quantitative estimate of drug-likeness (QED) is 0.698. The van der Waals surface area contributed by atoms with Crippen molar-refractivity contribution in [2.24, 2.45) is 5.92 Å². The number of nitrogens with one attached hydrogen (secondary N) is 2. The van der Waals surface area contributed by atoms with Crippen LogP contribution in [0.2, 0.25) is 0 Å². The van der Waals surface area contributed by atoms with Gasteiger partial charge in [0.25, 0.3) is 5.56 Å². The first kappa shape index (κ1) is 12.7. The average molecular weight is 225 g/mol. The fraction of sp³-hybridized carbons (Fsp3) is 0.636. The highest BCUT2D eigenvalue weighted by atomic mass is 16.3. The molecule has 1 rings (SSSR count). The van der Waals surface area contributed by atoms with Gasteiger partial charge in [-0.05, 0) is 19.3 Å². The average Bonchev–Trinajstić information content (AvgIpc) is 2.14. The Labute approximate surface area is 94.9 Å². The Kier molecular flexibility index (Phi) is 4.06. The zero-order chi connectivity index (χ0) is 12.2. The number of H-pyrrole nitrogens is 1. The van der Waals surface area contributed by atoms with Crippen molar-refractivity contribution in [1.82, 2.24) is 9.97 Å². The van der Waals surface area contributed by atoms with Gasteiger partial charge in [-0.2, -0.15) is 0 Å². The maximum Gasteiger partial charge on any atom is 0.290 e. The van der Waals surface area contributed by atoms with E-state index in [0.717, 1.165) is 0 Å². The van der Waals surface area contributed by atoms with E-state index in [1.807, 2.05) is 13.8 Å². The monoisotopic (exact) mass is 225 g/mol. The lowest BCUT2D eigenvalue weighted by molar-refractivity contribution is 0.0514. The van der Waals surface area contributed by atoms with E-state index in [1.54, 1.807) is 6.92 Å². The highest BCUT2D eigenvalue weighted by molar-refractivity contribution is 5.30. The Balaban J connectivity index is 2.58. The predicted octanol–water partition coefficient (Wildman–Crippen LogP) is 0.979. The van der Waals surface area contributed by atoms with Crippen LogP contribution in [0.15, 0.2) is 17.2 Å². The van der Waals surface area contributed by atoms with Gasteiger partial charge < -0.3 is 15.4 Å². The lowest BCUT2D eigenvalue weighted by atomic mass is 9.94. The van der Waals surface area contributed by atoms with Gasteiger partial charge >= 0.3 is 0 Å². The molecule has 5 heteroatoms. The van der Waals surface area contributed by atoms with Gasteiger partial charge in [-0.25, -0.2) is 4.98 Å². The first-order valence-corrected chi connectivity index (χ1v) is 5.41. The minimum atomic E-state index is -0.835. The minimum Gasteiger partial charge on any atom is -0.388 e. The van der Waals surface area contributed by atoms with E-state index >= 15 is 0 Å². The van der Waals surface area contributed by atoms with Crippen LogP contribution in [0.5, 0.6) is 0 Å². The van der Waals surface area contributed by atoms with E-state index in [0.29, 0.717) is 18.9 Å². The number of aromatic nitrogens is 2. The molecule has 0 radical (unpaired) electrons. The molecule has 1 heterocycles. The van der Waals surface area contributed by atoms with Gasteiger partial charge in [0.05, 0.1) is 5.60 Å². The number of anilines is 1. The third-order valence-electron chi connectivity index (χ3n) is 2.19. The van der Waals surface area contributed by atoms with Gasteiger partial charge in [0.15, 0.2) is 5.82 Å². The molecule has 5 nitrogen and oxygen atoms in total. The fourth-order valence-corrected chi connectivity index (χ4v) is 1.70. The fourth-order valence-electron chi connectivity index (χ4n) is 1.70. The number of aliphatic hydroxyl groups is 1. The topological polar surface area (TPSA) is 78.0 Å². The normalized spacial score (nSPS) is 14.8. The Morgan fingerprint density at radius 1 is 1.62 bits per heavy atom. The van der Waals surface area contributed by atoms with Gasteiger partial charge in [0.2, 0.25) is 0 Å². The van der Waals surface area contributed by atoms with Crippen LogP contribution in [0.1, 0.15) is 27.2 Å². The van der Waals surface area contributed by atoms with E-state index in [1.165, 1.54) is 12.4 Å². The van der Waals surface area contributed by atoms with Crippen molar-refractivity contribution in [1.29, 1.82) is 0 Å². The Morgan fingerprint density at radius 3 is 2.88 bits per heavy atom. The maximum absolute atomic E-state index is 11.3. The van der Waals surface area contributed by atoms with Crippen LogP contribution in [0.3, 0.4) is 0 Å². The van der Waals surface area contributed by atoms with E-state index in [2.05, 4.69) is 15.3 Å². The van der Waals surface area contributed by atoms with Gasteiger partial charge in [-0.3, -0.25) is 4.79 Å². The molecule has 0 spiro atoms. The molecular weight excluding hydrogens is 206 g/mol. The highest BCUT2D eigenvalue weighted by Crippen LogP contribution is 2.16. The molecule has 1 aromatic rings. The summed E-state index contributed by atoms with van der Waals surface area (Å²) in [6.45, 7) is 6.15. The second-order valence-corrected chi connectivity index (χ2v) is 4.72. The zero-order valence-electron chi connectivity index (χ0n) is 9.95. The number of aromatic amines is 1. The maximum atomic E-state index is 11.3. The van der Waals surface area contributed by atoms with Crippen molar-refractivity contribution < 1.29 is 5.11 Å². The van der Waals surface area contributed by atoms with Crippen LogP contribution >= 0.6 is 0 Å². The Morgan fingerprint density at radius 2 is 2.31 bits per heavy atom. The first-order chi connectivity index (χ1) is 7.41. The summed E-state index contributed by atoms with van der Waals surface area (Å²) >= 11 is 0. The molecule has 0 aliphatic carbocycles. The van der Waals surface area contributed by atoms with Gasteiger partial charge in [0, 0.05) is 18.9 Å². The van der Waals surface area contributed by atoms with E-state index in [9.17, 15) is 9.90 Å². The summed E-state index contributed by atoms with van der Waals surface area (Å²) < 4.78 is 0. The highest BCUT2D eigenvalue weighted by Gasteiger charge is 2.21. The molecule has 0 aliphatic rings. The molecule has 1 atom stereocenters. The van der Waals surface area contributed by atoms with Crippen molar-refractivity contribution in [2.75, 3.05) is 11.9 Å². The SMILES string of the molecule is CC(C)CC(C)(O)CNc1ncc[nH]c1=O. The first-order valence-electron chi connectivity index (χ1n) is 5.41. The lowest BCUT2D eigenvalue weighted by Crippen LogP contribution is -2.36. The molecule has 1 unspecified atom stereocenters. The van der Waals surface area contributed by atoms with Gasteiger partial charge in [-0.1, -0.05) is 13.8 Å². The van der Waals surface area contributed by atoms with Crippen LogP contribution in [0.4, 0.5) is 5.82 Å². The summed E-state index contributed by atoms with van der Waals surface area (Å²) in [6, 6.07) is 0. The second kappa shape index (κ2) is 5.12. The summed E-state index contributed by atoms with van der Waals surface area (Å²) in [5.74, 6) is 0.644. The molecule has 0 saturated heterocycles. The molecule has 0 aromatic carbocycles. The molecule has 0 fully saturated rings. The predicted molar refractivity (Wildman–Crippen MR) is 63.4 cm³/mol. The summed E-state index contributed by atoms with van der Waals surface area (Å²) in [5, 5.41) is 12.9. The minimum absolute atomic E-state index is 0.242. The lowest BCUT2D eigenvalue weighted by Gasteiger charge is -2.25. The van der Waals surface area contributed by atoms with Crippen LogP contribution < -0.4 is 10.9 Å². The van der Waals surface area contributed by atoms with Crippen molar-refractivity contribution in [3.63, 3.8) is 0 Å². The van der Waals surface area contributed by atoms with E-state index < -0.39 is 5.60 Å². The van der Waals surface area contributed by atoms with Crippen molar-refractivity contribution in [3.05, 3.63) is 22.7 Å². The van der Waals surface area contributed by atoms with Crippen molar-refractivity contribution >= 4 is 5.82 Å². The van der Waals surface area contributed by atoms with E-state index in [-0.39, 0.29) is 11.4 Å². The Hall–Kier alpha value is -1.36. The Bertz CT molecular complexity index is 385. The molecular formula is C11H19N3O2. The van der Waals surface area contributed by atoms with Gasteiger partial charge in [-0.15, -0.1) is 0 Å². The summed E-state index contributed by atoms with van der Waals surface area (Å²) in [6.07, 6.45) is 3.64. The van der Waals surface area contributed by atoms with Crippen LogP contribution in [0, 0.1) is 5.92 Å². The molecule has 16 heavy (non-hydrogen) atoms. The smallest absolute Gasteiger partial charge is 0.290 e. The van der Waals surface area contributed by atoms with Crippen molar-refractivity contribution in [3.8, 4) is 0 Å². The molecule has 90 valence electrons. The number of hydrogen-bond acceptors (Lipinski definition) is 4. The summed E-state index contributed by atoms with van der Waals surface area (Å²) in [4.78, 5) is 17.7. The molecule has 0 aliphatic heterocycles. The third-order valence-corrected chi connectivity index (χ3v) is 2.19.